The summed E-state index contributed by atoms with van der Waals surface area (Å²) in [4.78, 5) is 2.62. The molecule has 0 spiro atoms. The third kappa shape index (κ3) is 5.20. The molecule has 1 saturated heterocycles. The van der Waals surface area contributed by atoms with Crippen molar-refractivity contribution in [2.75, 3.05) is 51.9 Å². The summed E-state index contributed by atoms with van der Waals surface area (Å²) in [6.07, 6.45) is 4.90. The summed E-state index contributed by atoms with van der Waals surface area (Å²) in [7, 11) is 1.75. The van der Waals surface area contributed by atoms with E-state index in [9.17, 15) is 0 Å². The summed E-state index contributed by atoms with van der Waals surface area (Å²) >= 11 is 1.94. The monoisotopic (exact) mass is 232 g/mol. The molecule has 1 N–H and O–H groups in total. The van der Waals surface area contributed by atoms with Crippen LogP contribution in [0.15, 0.2) is 0 Å². The first-order valence-corrected chi connectivity index (χ1v) is 7.20. The average Bonchev–Trinajstić information content (AvgIpc) is 2.69. The van der Waals surface area contributed by atoms with Gasteiger partial charge in [0.2, 0.25) is 0 Å². The molecule has 0 aliphatic carbocycles. The molecule has 1 atom stereocenters. The van der Waals surface area contributed by atoms with E-state index >= 15 is 0 Å². The Hall–Kier alpha value is 0.230. The Morgan fingerprint density at radius 1 is 1.53 bits per heavy atom. The number of nitrogens with one attached hydrogen (secondary N) is 1. The summed E-state index contributed by atoms with van der Waals surface area (Å²) in [6, 6.07) is 0.758. The van der Waals surface area contributed by atoms with Gasteiger partial charge < -0.3 is 10.1 Å². The normalized spacial score (nSPS) is 22.4. The van der Waals surface area contributed by atoms with Gasteiger partial charge in [0.25, 0.3) is 0 Å². The molecule has 1 unspecified atom stereocenters. The Kier molecular flexibility index (Phi) is 7.44. The van der Waals surface area contributed by atoms with Gasteiger partial charge in [-0.3, -0.25) is 4.90 Å². The Balaban J connectivity index is 2.09. The summed E-state index contributed by atoms with van der Waals surface area (Å²) in [5, 5.41) is 3.46. The molecule has 1 fully saturated rings. The van der Waals surface area contributed by atoms with E-state index in [0.29, 0.717) is 0 Å². The van der Waals surface area contributed by atoms with Gasteiger partial charge in [-0.05, 0) is 25.6 Å². The van der Waals surface area contributed by atoms with Gasteiger partial charge in [-0.2, -0.15) is 11.8 Å². The fourth-order valence-electron chi connectivity index (χ4n) is 2.07. The zero-order valence-corrected chi connectivity index (χ0v) is 10.8. The second-order valence-corrected chi connectivity index (χ2v) is 5.01. The first-order chi connectivity index (χ1) is 7.38. The highest BCUT2D eigenvalue weighted by Gasteiger charge is 2.22. The van der Waals surface area contributed by atoms with Crippen molar-refractivity contribution in [3.63, 3.8) is 0 Å². The van der Waals surface area contributed by atoms with Crippen molar-refractivity contribution < 1.29 is 4.74 Å². The van der Waals surface area contributed by atoms with Crippen LogP contribution in [0, 0.1) is 0 Å². The first kappa shape index (κ1) is 13.3. The lowest BCUT2D eigenvalue weighted by Crippen LogP contribution is -2.39. The highest BCUT2D eigenvalue weighted by atomic mass is 32.2. The van der Waals surface area contributed by atoms with Crippen molar-refractivity contribution in [2.24, 2.45) is 0 Å². The molecule has 15 heavy (non-hydrogen) atoms. The minimum atomic E-state index is 0.758. The molecule has 4 heteroatoms. The van der Waals surface area contributed by atoms with Crippen molar-refractivity contribution in [1.29, 1.82) is 0 Å². The van der Waals surface area contributed by atoms with Crippen LogP contribution in [-0.2, 0) is 4.74 Å². The SMILES string of the molecule is COCCNCC1CCCN1CCSC. The molecule has 1 aliphatic heterocycles. The van der Waals surface area contributed by atoms with Crippen LogP contribution in [0.3, 0.4) is 0 Å². The van der Waals surface area contributed by atoms with Crippen LogP contribution in [0.5, 0.6) is 0 Å². The zero-order valence-electron chi connectivity index (χ0n) is 10.00. The van der Waals surface area contributed by atoms with Crippen LogP contribution in [-0.4, -0.2) is 62.8 Å². The van der Waals surface area contributed by atoms with Crippen molar-refractivity contribution in [2.45, 2.75) is 18.9 Å². The topological polar surface area (TPSA) is 24.5 Å². The smallest absolute Gasteiger partial charge is 0.0587 e. The molecule has 1 rings (SSSR count). The second kappa shape index (κ2) is 8.39. The molecule has 0 aromatic heterocycles. The molecule has 90 valence electrons. The quantitative estimate of drug-likeness (QED) is 0.632. The van der Waals surface area contributed by atoms with Crippen LogP contribution < -0.4 is 5.32 Å². The predicted octanol–water partition coefficient (Wildman–Crippen LogP) is 1.05. The lowest BCUT2D eigenvalue weighted by molar-refractivity contribution is 0.193. The summed E-state index contributed by atoms with van der Waals surface area (Å²) in [6.45, 7) is 5.45. The van der Waals surface area contributed by atoms with Gasteiger partial charge in [-0.15, -0.1) is 0 Å². The Morgan fingerprint density at radius 3 is 3.13 bits per heavy atom. The zero-order chi connectivity index (χ0) is 10.9. The average molecular weight is 232 g/mol. The van der Waals surface area contributed by atoms with Crippen LogP contribution in [0.2, 0.25) is 0 Å². The number of likely N-dealkylation sites (tertiary alicyclic amines) is 1. The molecular weight excluding hydrogens is 208 g/mol. The standard InChI is InChI=1S/C11H24N2OS/c1-14-8-5-12-10-11-4-3-6-13(11)7-9-15-2/h11-12H,3-10H2,1-2H3. The van der Waals surface area contributed by atoms with Crippen LogP contribution in [0.4, 0.5) is 0 Å². The van der Waals surface area contributed by atoms with Gasteiger partial charge in [0.15, 0.2) is 0 Å². The van der Waals surface area contributed by atoms with Gasteiger partial charge in [-0.25, -0.2) is 0 Å². The van der Waals surface area contributed by atoms with E-state index in [-0.39, 0.29) is 0 Å². The second-order valence-electron chi connectivity index (χ2n) is 4.02. The van der Waals surface area contributed by atoms with E-state index < -0.39 is 0 Å². The molecule has 0 amide bonds. The van der Waals surface area contributed by atoms with Gasteiger partial charge in [-0.1, -0.05) is 0 Å². The van der Waals surface area contributed by atoms with Crippen molar-refractivity contribution in [1.82, 2.24) is 10.2 Å². The Bertz CT molecular complexity index is 158. The number of hydrogen-bond acceptors (Lipinski definition) is 4. The van der Waals surface area contributed by atoms with E-state index in [2.05, 4.69) is 16.5 Å². The van der Waals surface area contributed by atoms with E-state index in [1.807, 2.05) is 11.8 Å². The van der Waals surface area contributed by atoms with Crippen molar-refractivity contribution >= 4 is 11.8 Å². The van der Waals surface area contributed by atoms with Gasteiger partial charge in [0.05, 0.1) is 6.61 Å². The minimum Gasteiger partial charge on any atom is -0.383 e. The molecule has 3 nitrogen and oxygen atoms in total. The van der Waals surface area contributed by atoms with Crippen LogP contribution in [0.1, 0.15) is 12.8 Å². The Morgan fingerprint density at radius 2 is 2.40 bits per heavy atom. The number of methoxy groups -OCH3 is 1. The summed E-state index contributed by atoms with van der Waals surface area (Å²) in [5.74, 6) is 1.26. The third-order valence-corrected chi connectivity index (χ3v) is 3.54. The summed E-state index contributed by atoms with van der Waals surface area (Å²) < 4.78 is 5.02. The lowest BCUT2D eigenvalue weighted by atomic mass is 10.2. The molecule has 1 aliphatic rings. The van der Waals surface area contributed by atoms with Gasteiger partial charge >= 0.3 is 0 Å². The number of ether oxygens (including phenoxy) is 1. The maximum absolute atomic E-state index is 5.02. The molecule has 0 saturated carbocycles. The summed E-state index contributed by atoms with van der Waals surface area (Å²) in [5.41, 5.74) is 0. The molecule has 0 aromatic rings. The van der Waals surface area contributed by atoms with Gasteiger partial charge in [0.1, 0.15) is 0 Å². The molecule has 0 radical (unpaired) electrons. The van der Waals surface area contributed by atoms with Crippen LogP contribution in [0.25, 0.3) is 0 Å². The molecule has 0 bridgehead atoms. The maximum atomic E-state index is 5.02. The fraction of sp³-hybridized carbons (Fsp3) is 1.00. The minimum absolute atomic E-state index is 0.758. The molecular formula is C11H24N2OS. The number of thioether (sulfide) groups is 1. The van der Waals surface area contributed by atoms with Crippen molar-refractivity contribution in [3.8, 4) is 0 Å². The Labute approximate surface area is 97.9 Å². The van der Waals surface area contributed by atoms with Crippen LogP contribution >= 0.6 is 11.8 Å². The third-order valence-electron chi connectivity index (χ3n) is 2.94. The lowest BCUT2D eigenvalue weighted by Gasteiger charge is -2.24. The molecule has 0 aromatic carbocycles. The maximum Gasteiger partial charge on any atom is 0.0587 e. The predicted molar refractivity (Wildman–Crippen MR) is 67.7 cm³/mol. The molecule has 1 heterocycles. The van der Waals surface area contributed by atoms with E-state index in [1.54, 1.807) is 7.11 Å². The number of hydrogen-bond donors (Lipinski definition) is 1. The van der Waals surface area contributed by atoms with E-state index in [0.717, 1.165) is 25.7 Å². The fourth-order valence-corrected chi connectivity index (χ4v) is 2.49. The van der Waals surface area contributed by atoms with E-state index in [4.69, 9.17) is 4.74 Å². The highest BCUT2D eigenvalue weighted by Crippen LogP contribution is 2.16. The largest absolute Gasteiger partial charge is 0.383 e. The number of rotatable bonds is 8. The highest BCUT2D eigenvalue weighted by molar-refractivity contribution is 7.98. The first-order valence-electron chi connectivity index (χ1n) is 5.81. The van der Waals surface area contributed by atoms with Crippen molar-refractivity contribution in [3.05, 3.63) is 0 Å². The number of nitrogens with zero attached hydrogens (tertiary/aromatic N) is 1. The van der Waals surface area contributed by atoms with Gasteiger partial charge in [0, 0.05) is 38.5 Å². The van der Waals surface area contributed by atoms with E-state index in [1.165, 1.54) is 31.7 Å².